The van der Waals surface area contributed by atoms with Gasteiger partial charge < -0.3 is 10.2 Å². The molecule has 0 radical (unpaired) electrons. The Labute approximate surface area is 103 Å². The van der Waals surface area contributed by atoms with Crippen LogP contribution in [-0.4, -0.2) is 35.1 Å². The van der Waals surface area contributed by atoms with Crippen LogP contribution in [0, 0.1) is 0 Å². The minimum atomic E-state index is 0.705. The van der Waals surface area contributed by atoms with Crippen LogP contribution in [0.2, 0.25) is 0 Å². The third-order valence-corrected chi connectivity index (χ3v) is 4.44. The van der Waals surface area contributed by atoms with Gasteiger partial charge in [-0.3, -0.25) is 4.98 Å². The molecule has 0 spiro atoms. The van der Waals surface area contributed by atoms with Gasteiger partial charge >= 0.3 is 0 Å². The van der Waals surface area contributed by atoms with Crippen molar-refractivity contribution in [3.8, 4) is 0 Å². The molecule has 1 N–H and O–H groups in total. The number of hydrogen-bond acceptors (Lipinski definition) is 3. The molecule has 92 valence electrons. The van der Waals surface area contributed by atoms with Gasteiger partial charge in [-0.15, -0.1) is 0 Å². The van der Waals surface area contributed by atoms with Gasteiger partial charge in [0.2, 0.25) is 0 Å². The van der Waals surface area contributed by atoms with E-state index in [4.69, 9.17) is 0 Å². The molecule has 3 rings (SSSR count). The van der Waals surface area contributed by atoms with Crippen molar-refractivity contribution in [3.05, 3.63) is 30.1 Å². The Morgan fingerprint density at radius 3 is 2.53 bits per heavy atom. The van der Waals surface area contributed by atoms with Crippen molar-refractivity contribution < 1.29 is 0 Å². The van der Waals surface area contributed by atoms with E-state index in [1.54, 1.807) is 0 Å². The minimum absolute atomic E-state index is 0.705. The molecule has 1 aromatic rings. The van der Waals surface area contributed by atoms with E-state index < -0.39 is 0 Å². The fourth-order valence-electron chi connectivity index (χ4n) is 3.34. The van der Waals surface area contributed by atoms with Crippen molar-refractivity contribution in [2.75, 3.05) is 7.05 Å². The molecule has 2 bridgehead atoms. The second kappa shape index (κ2) is 4.75. The normalized spacial score (nSPS) is 32.9. The summed E-state index contributed by atoms with van der Waals surface area (Å²) >= 11 is 0. The lowest BCUT2D eigenvalue weighted by atomic mass is 9.98. The summed E-state index contributed by atoms with van der Waals surface area (Å²) in [6.45, 7) is 0.982. The van der Waals surface area contributed by atoms with Gasteiger partial charge in [0.25, 0.3) is 0 Å². The first-order valence-electron chi connectivity index (χ1n) is 6.67. The molecule has 0 aliphatic carbocycles. The Balaban J connectivity index is 1.54. The Kier molecular flexibility index (Phi) is 3.12. The summed E-state index contributed by atoms with van der Waals surface area (Å²) in [7, 11) is 2.29. The highest BCUT2D eigenvalue weighted by Crippen LogP contribution is 2.34. The van der Waals surface area contributed by atoms with E-state index in [9.17, 15) is 0 Å². The third-order valence-electron chi connectivity index (χ3n) is 4.44. The molecule has 1 aromatic heterocycles. The highest BCUT2D eigenvalue weighted by molar-refractivity contribution is 5.09. The lowest BCUT2D eigenvalue weighted by molar-refractivity contribution is 0.148. The quantitative estimate of drug-likeness (QED) is 0.859. The minimum Gasteiger partial charge on any atom is -0.310 e. The monoisotopic (exact) mass is 231 g/mol. The Morgan fingerprint density at radius 2 is 1.88 bits per heavy atom. The smallest absolute Gasteiger partial charge is 0.0271 e. The van der Waals surface area contributed by atoms with E-state index in [0.29, 0.717) is 6.04 Å². The first-order chi connectivity index (χ1) is 8.33. The number of fused-ring (bicyclic) bond motifs is 2. The van der Waals surface area contributed by atoms with Crippen LogP contribution in [0.25, 0.3) is 0 Å². The van der Waals surface area contributed by atoms with Gasteiger partial charge in [-0.25, -0.2) is 0 Å². The van der Waals surface area contributed by atoms with E-state index >= 15 is 0 Å². The molecule has 2 saturated heterocycles. The van der Waals surface area contributed by atoms with Crippen LogP contribution in [0.5, 0.6) is 0 Å². The summed E-state index contributed by atoms with van der Waals surface area (Å²) in [5, 5.41) is 3.70. The molecule has 2 aliphatic heterocycles. The van der Waals surface area contributed by atoms with Gasteiger partial charge in [0, 0.05) is 37.1 Å². The first-order valence-corrected chi connectivity index (χ1v) is 6.67. The maximum Gasteiger partial charge on any atom is 0.0271 e. The first kappa shape index (κ1) is 11.2. The van der Waals surface area contributed by atoms with Crippen LogP contribution in [0.15, 0.2) is 24.5 Å². The number of nitrogens with zero attached hydrogens (tertiary/aromatic N) is 2. The Hall–Kier alpha value is -0.930. The zero-order valence-electron chi connectivity index (χ0n) is 10.5. The van der Waals surface area contributed by atoms with Crippen molar-refractivity contribution in [2.45, 2.75) is 50.4 Å². The van der Waals surface area contributed by atoms with E-state index in [0.717, 1.165) is 18.6 Å². The van der Waals surface area contributed by atoms with Crippen LogP contribution in [0.4, 0.5) is 0 Å². The second-order valence-electron chi connectivity index (χ2n) is 5.46. The van der Waals surface area contributed by atoms with E-state index in [2.05, 4.69) is 34.4 Å². The average Bonchev–Trinajstić information content (AvgIpc) is 2.61. The molecule has 3 nitrogen and oxygen atoms in total. The van der Waals surface area contributed by atoms with Gasteiger partial charge in [0.1, 0.15) is 0 Å². The van der Waals surface area contributed by atoms with Crippen LogP contribution >= 0.6 is 0 Å². The van der Waals surface area contributed by atoms with Crippen LogP contribution in [-0.2, 0) is 6.54 Å². The predicted molar refractivity (Wildman–Crippen MR) is 68.7 cm³/mol. The Morgan fingerprint density at radius 1 is 1.24 bits per heavy atom. The summed E-state index contributed by atoms with van der Waals surface area (Å²) in [6.07, 6.45) is 9.17. The van der Waals surface area contributed by atoms with Gasteiger partial charge in [0.15, 0.2) is 0 Å². The number of hydrogen-bond donors (Lipinski definition) is 1. The zero-order chi connectivity index (χ0) is 11.7. The molecule has 3 heteroatoms. The molecule has 0 amide bonds. The summed E-state index contributed by atoms with van der Waals surface area (Å²) < 4.78 is 0. The molecule has 2 unspecified atom stereocenters. The van der Waals surface area contributed by atoms with E-state index in [-0.39, 0.29) is 0 Å². The number of rotatable bonds is 3. The van der Waals surface area contributed by atoms with Crippen molar-refractivity contribution in [1.29, 1.82) is 0 Å². The maximum atomic E-state index is 4.05. The largest absolute Gasteiger partial charge is 0.310 e. The molecule has 2 fully saturated rings. The lowest BCUT2D eigenvalue weighted by Crippen LogP contribution is -2.46. The van der Waals surface area contributed by atoms with E-state index in [1.165, 1.54) is 31.2 Å². The van der Waals surface area contributed by atoms with Crippen molar-refractivity contribution in [2.24, 2.45) is 0 Å². The van der Waals surface area contributed by atoms with Gasteiger partial charge in [-0.05, 0) is 50.4 Å². The van der Waals surface area contributed by atoms with Crippen molar-refractivity contribution >= 4 is 0 Å². The maximum absolute atomic E-state index is 4.05. The van der Waals surface area contributed by atoms with Crippen LogP contribution < -0.4 is 5.32 Å². The summed E-state index contributed by atoms with van der Waals surface area (Å²) in [5.74, 6) is 0. The molecular formula is C14H21N3. The highest BCUT2D eigenvalue weighted by Gasteiger charge is 2.37. The molecule has 3 heterocycles. The number of piperidine rings is 1. The highest BCUT2D eigenvalue weighted by atomic mass is 15.2. The van der Waals surface area contributed by atoms with Crippen LogP contribution in [0.3, 0.4) is 0 Å². The Bertz CT molecular complexity index is 351. The number of aromatic nitrogens is 1. The van der Waals surface area contributed by atoms with Crippen molar-refractivity contribution in [3.63, 3.8) is 0 Å². The molecule has 2 aliphatic rings. The molecule has 0 aromatic carbocycles. The van der Waals surface area contributed by atoms with Crippen LogP contribution in [0.1, 0.15) is 31.2 Å². The molecule has 0 saturated carbocycles. The number of nitrogens with one attached hydrogen (secondary N) is 1. The van der Waals surface area contributed by atoms with Crippen molar-refractivity contribution in [1.82, 2.24) is 15.2 Å². The van der Waals surface area contributed by atoms with E-state index in [1.807, 2.05) is 12.4 Å². The molecular weight excluding hydrogens is 210 g/mol. The standard InChI is InChI=1S/C14H21N3/c1-17-13-2-3-14(17)9-12(8-13)16-10-11-4-6-15-7-5-11/h4-7,12-14,16H,2-3,8-10H2,1H3. The summed E-state index contributed by atoms with van der Waals surface area (Å²) in [6, 6.07) is 6.54. The SMILES string of the molecule is CN1C2CCC1CC(NCc1ccncc1)C2. The third kappa shape index (κ3) is 2.35. The summed E-state index contributed by atoms with van der Waals surface area (Å²) in [5.41, 5.74) is 1.34. The lowest BCUT2D eigenvalue weighted by Gasteiger charge is -2.36. The fraction of sp³-hybridized carbons (Fsp3) is 0.643. The zero-order valence-corrected chi connectivity index (χ0v) is 10.5. The van der Waals surface area contributed by atoms with Gasteiger partial charge in [-0.1, -0.05) is 0 Å². The number of pyridine rings is 1. The molecule has 2 atom stereocenters. The van der Waals surface area contributed by atoms with Gasteiger partial charge in [0.05, 0.1) is 0 Å². The predicted octanol–water partition coefficient (Wildman–Crippen LogP) is 1.80. The summed E-state index contributed by atoms with van der Waals surface area (Å²) in [4.78, 5) is 6.64. The second-order valence-corrected chi connectivity index (χ2v) is 5.46. The average molecular weight is 231 g/mol. The topological polar surface area (TPSA) is 28.2 Å². The fourth-order valence-corrected chi connectivity index (χ4v) is 3.34. The van der Waals surface area contributed by atoms with Gasteiger partial charge in [-0.2, -0.15) is 0 Å². The molecule has 17 heavy (non-hydrogen) atoms.